The number of nitrogens with zero attached hydrogens (tertiary/aromatic N) is 1. The van der Waals surface area contributed by atoms with E-state index in [1.165, 1.54) is 18.2 Å². The van der Waals surface area contributed by atoms with E-state index in [9.17, 15) is 13.2 Å². The standard InChI is InChI=1S/C16H10F3NO/c17-16(18,19)21-14-5-1-3-11(10-14)12-6-7-15-13(9-12)4-2-8-20-15/h1-10H/i8D. The average molecular weight is 290 g/mol. The molecule has 0 amide bonds. The first-order chi connectivity index (χ1) is 10.4. The van der Waals surface area contributed by atoms with Crippen molar-refractivity contribution in [3.05, 3.63) is 60.8 Å². The Balaban J connectivity index is 2.00. The summed E-state index contributed by atoms with van der Waals surface area (Å²) in [6, 6.07) is 14.4. The fraction of sp³-hybridized carbons (Fsp3) is 0.0625. The Morgan fingerprint density at radius 2 is 1.76 bits per heavy atom. The molecule has 3 rings (SSSR count). The summed E-state index contributed by atoms with van der Waals surface area (Å²) in [7, 11) is 0. The van der Waals surface area contributed by atoms with Gasteiger partial charge in [-0.25, -0.2) is 0 Å². The summed E-state index contributed by atoms with van der Waals surface area (Å²) in [5, 5.41) is 0.815. The first kappa shape index (κ1) is 12.2. The minimum absolute atomic E-state index is 0.167. The maximum atomic E-state index is 12.3. The molecule has 0 saturated carbocycles. The van der Waals surface area contributed by atoms with E-state index in [0.29, 0.717) is 11.1 Å². The number of ether oxygens (including phenoxy) is 1. The third-order valence-electron chi connectivity index (χ3n) is 2.95. The highest BCUT2D eigenvalue weighted by Gasteiger charge is 2.31. The average Bonchev–Trinajstić information content (AvgIpc) is 2.45. The summed E-state index contributed by atoms with van der Waals surface area (Å²) in [6.45, 7) is 0. The molecule has 0 spiro atoms. The molecule has 1 heterocycles. The zero-order valence-electron chi connectivity index (χ0n) is 11.7. The third-order valence-corrected chi connectivity index (χ3v) is 2.95. The number of aromatic nitrogens is 1. The Kier molecular flexibility index (Phi) is 2.96. The molecule has 21 heavy (non-hydrogen) atoms. The Labute approximate surface area is 120 Å². The maximum Gasteiger partial charge on any atom is 0.573 e. The normalized spacial score (nSPS) is 12.2. The van der Waals surface area contributed by atoms with Crippen LogP contribution < -0.4 is 4.74 Å². The van der Waals surface area contributed by atoms with Gasteiger partial charge in [-0.15, -0.1) is 13.2 Å². The largest absolute Gasteiger partial charge is 0.573 e. The molecule has 0 unspecified atom stereocenters. The minimum Gasteiger partial charge on any atom is -0.406 e. The van der Waals surface area contributed by atoms with E-state index in [0.717, 1.165) is 10.9 Å². The molecular weight excluding hydrogens is 279 g/mol. The monoisotopic (exact) mass is 290 g/mol. The number of rotatable bonds is 2. The Morgan fingerprint density at radius 1 is 0.952 bits per heavy atom. The summed E-state index contributed by atoms with van der Waals surface area (Å²) >= 11 is 0. The highest BCUT2D eigenvalue weighted by molar-refractivity contribution is 5.84. The van der Waals surface area contributed by atoms with Gasteiger partial charge in [-0.3, -0.25) is 4.98 Å². The fourth-order valence-electron chi connectivity index (χ4n) is 2.08. The van der Waals surface area contributed by atoms with Crippen molar-refractivity contribution >= 4 is 10.9 Å². The van der Waals surface area contributed by atoms with Crippen LogP contribution in [-0.2, 0) is 0 Å². The molecule has 0 aliphatic heterocycles. The highest BCUT2D eigenvalue weighted by Crippen LogP contribution is 2.29. The minimum atomic E-state index is -4.71. The molecule has 0 fully saturated rings. The van der Waals surface area contributed by atoms with Crippen molar-refractivity contribution in [1.29, 1.82) is 0 Å². The van der Waals surface area contributed by atoms with Crippen LogP contribution in [0.1, 0.15) is 1.37 Å². The predicted molar refractivity (Wildman–Crippen MR) is 73.9 cm³/mol. The number of hydrogen-bond donors (Lipinski definition) is 0. The van der Waals surface area contributed by atoms with Gasteiger partial charge in [-0.2, -0.15) is 0 Å². The Morgan fingerprint density at radius 3 is 2.57 bits per heavy atom. The second-order valence-corrected chi connectivity index (χ2v) is 4.42. The SMILES string of the molecule is [2H]c1ccc2cc(-c3cccc(OC(F)(F)F)c3)ccc2n1. The predicted octanol–water partition coefficient (Wildman–Crippen LogP) is 4.80. The van der Waals surface area contributed by atoms with Crippen LogP contribution in [0.3, 0.4) is 0 Å². The summed E-state index contributed by atoms with van der Waals surface area (Å²) in [4.78, 5) is 4.07. The van der Waals surface area contributed by atoms with E-state index in [1.807, 2.05) is 6.07 Å². The molecule has 1 aromatic heterocycles. The molecule has 3 aromatic rings. The number of benzene rings is 2. The Bertz CT molecular complexity index is 833. The van der Waals surface area contributed by atoms with Gasteiger partial charge >= 0.3 is 6.36 Å². The molecule has 5 heteroatoms. The van der Waals surface area contributed by atoms with Gasteiger partial charge in [0.1, 0.15) is 5.75 Å². The van der Waals surface area contributed by atoms with E-state index in [2.05, 4.69) is 9.72 Å². The molecule has 0 bridgehead atoms. The van der Waals surface area contributed by atoms with E-state index >= 15 is 0 Å². The van der Waals surface area contributed by atoms with Gasteiger partial charge < -0.3 is 4.74 Å². The van der Waals surface area contributed by atoms with Crippen molar-refractivity contribution in [3.63, 3.8) is 0 Å². The lowest BCUT2D eigenvalue weighted by Crippen LogP contribution is -2.17. The molecule has 0 aliphatic carbocycles. The number of alkyl halides is 3. The van der Waals surface area contributed by atoms with Crippen LogP contribution in [0.4, 0.5) is 13.2 Å². The van der Waals surface area contributed by atoms with Crippen molar-refractivity contribution in [2.75, 3.05) is 0 Å². The van der Waals surface area contributed by atoms with Gasteiger partial charge in [-0.1, -0.05) is 24.3 Å². The molecule has 0 atom stereocenters. The van der Waals surface area contributed by atoms with E-state index in [-0.39, 0.29) is 11.9 Å². The smallest absolute Gasteiger partial charge is 0.406 e. The van der Waals surface area contributed by atoms with E-state index in [1.54, 1.807) is 30.3 Å². The zero-order valence-corrected chi connectivity index (χ0v) is 10.7. The Hall–Kier alpha value is -2.56. The second-order valence-electron chi connectivity index (χ2n) is 4.42. The third kappa shape index (κ3) is 3.13. The molecule has 106 valence electrons. The first-order valence-electron chi connectivity index (χ1n) is 6.64. The van der Waals surface area contributed by atoms with Gasteiger partial charge in [0.25, 0.3) is 0 Å². The van der Waals surface area contributed by atoms with Gasteiger partial charge in [0, 0.05) is 11.6 Å². The molecule has 0 N–H and O–H groups in total. The summed E-state index contributed by atoms with van der Waals surface area (Å²) < 4.78 is 48.2. The molecule has 0 aliphatic rings. The van der Waals surface area contributed by atoms with Gasteiger partial charge in [0.15, 0.2) is 0 Å². The fourth-order valence-corrected chi connectivity index (χ4v) is 2.08. The van der Waals surface area contributed by atoms with Gasteiger partial charge in [0.05, 0.1) is 6.89 Å². The summed E-state index contributed by atoms with van der Waals surface area (Å²) in [5.74, 6) is -0.260. The van der Waals surface area contributed by atoms with Crippen molar-refractivity contribution in [3.8, 4) is 16.9 Å². The van der Waals surface area contributed by atoms with Crippen LogP contribution in [0.5, 0.6) is 5.75 Å². The number of fused-ring (bicyclic) bond motifs is 1. The topological polar surface area (TPSA) is 22.1 Å². The lowest BCUT2D eigenvalue weighted by Gasteiger charge is -2.10. The zero-order chi connectivity index (χ0) is 15.7. The summed E-state index contributed by atoms with van der Waals surface area (Å²) in [6.07, 6.45) is -4.54. The summed E-state index contributed by atoms with van der Waals surface area (Å²) in [5.41, 5.74) is 2.03. The number of hydrogen-bond acceptors (Lipinski definition) is 2. The van der Waals surface area contributed by atoms with Crippen LogP contribution in [0.2, 0.25) is 0 Å². The van der Waals surface area contributed by atoms with E-state index < -0.39 is 6.36 Å². The second kappa shape index (κ2) is 5.09. The quantitative estimate of drug-likeness (QED) is 0.676. The van der Waals surface area contributed by atoms with Crippen molar-refractivity contribution < 1.29 is 19.3 Å². The van der Waals surface area contributed by atoms with Crippen LogP contribution >= 0.6 is 0 Å². The molecular formula is C16H10F3NO. The molecule has 2 aromatic carbocycles. The first-order valence-corrected chi connectivity index (χ1v) is 6.14. The molecule has 0 saturated heterocycles. The number of halogens is 3. The lowest BCUT2D eigenvalue weighted by atomic mass is 10.0. The van der Waals surface area contributed by atoms with Crippen molar-refractivity contribution in [2.45, 2.75) is 6.36 Å². The maximum absolute atomic E-state index is 12.3. The lowest BCUT2D eigenvalue weighted by molar-refractivity contribution is -0.274. The van der Waals surface area contributed by atoms with Crippen LogP contribution in [0, 0.1) is 0 Å². The van der Waals surface area contributed by atoms with E-state index in [4.69, 9.17) is 1.37 Å². The van der Waals surface area contributed by atoms with Gasteiger partial charge in [-0.05, 0) is 41.5 Å². The molecule has 2 nitrogen and oxygen atoms in total. The number of pyridine rings is 1. The van der Waals surface area contributed by atoms with Crippen molar-refractivity contribution in [1.82, 2.24) is 4.98 Å². The van der Waals surface area contributed by atoms with Gasteiger partial charge in [0.2, 0.25) is 0 Å². The highest BCUT2D eigenvalue weighted by atomic mass is 19.4. The van der Waals surface area contributed by atoms with Crippen molar-refractivity contribution in [2.24, 2.45) is 0 Å². The van der Waals surface area contributed by atoms with Crippen LogP contribution in [0.25, 0.3) is 22.0 Å². The van der Waals surface area contributed by atoms with Crippen LogP contribution in [0.15, 0.2) is 60.8 Å². The van der Waals surface area contributed by atoms with Crippen LogP contribution in [-0.4, -0.2) is 11.3 Å². The molecule has 0 radical (unpaired) electrons.